The summed E-state index contributed by atoms with van der Waals surface area (Å²) < 4.78 is 0. The van der Waals surface area contributed by atoms with Gasteiger partial charge < -0.3 is 16.2 Å². The summed E-state index contributed by atoms with van der Waals surface area (Å²) in [6.45, 7) is 10.1. The number of nitrogens with two attached hydrogens (primary N) is 1. The topological polar surface area (TPSA) is 92.4 Å². The van der Waals surface area contributed by atoms with Crippen molar-refractivity contribution in [2.45, 2.75) is 72.4 Å². The van der Waals surface area contributed by atoms with Gasteiger partial charge in [-0.2, -0.15) is 0 Å². The molecule has 0 aliphatic carbocycles. The Hall–Kier alpha value is -1.10. The maximum absolute atomic E-state index is 12.2. The van der Waals surface area contributed by atoms with Gasteiger partial charge in [0.1, 0.15) is 0 Å². The van der Waals surface area contributed by atoms with Gasteiger partial charge >= 0.3 is 5.97 Å². The first-order valence-corrected chi connectivity index (χ1v) is 8.02. The predicted molar refractivity (Wildman–Crippen MR) is 84.8 cm³/mol. The summed E-state index contributed by atoms with van der Waals surface area (Å²) in [5.41, 5.74) is 5.93. The van der Waals surface area contributed by atoms with Crippen LogP contribution in [-0.2, 0) is 9.59 Å². The van der Waals surface area contributed by atoms with Crippen LogP contribution >= 0.6 is 0 Å². The monoisotopic (exact) mass is 300 g/mol. The molecule has 0 rings (SSSR count). The first kappa shape index (κ1) is 19.9. The quantitative estimate of drug-likeness (QED) is 0.577. The van der Waals surface area contributed by atoms with E-state index in [1.807, 2.05) is 20.8 Å². The molecule has 1 amide bonds. The molecule has 0 aliphatic rings. The van der Waals surface area contributed by atoms with Crippen LogP contribution in [0.25, 0.3) is 0 Å². The van der Waals surface area contributed by atoms with E-state index in [0.717, 1.165) is 19.3 Å². The van der Waals surface area contributed by atoms with Crippen LogP contribution in [0.5, 0.6) is 0 Å². The molecule has 0 aromatic carbocycles. The highest BCUT2D eigenvalue weighted by Crippen LogP contribution is 2.22. The molecular formula is C16H32N2O3. The van der Waals surface area contributed by atoms with Crippen molar-refractivity contribution in [1.82, 2.24) is 5.32 Å². The van der Waals surface area contributed by atoms with Crippen LogP contribution in [0.2, 0.25) is 0 Å². The summed E-state index contributed by atoms with van der Waals surface area (Å²) in [6.07, 6.45) is 2.82. The normalized spacial score (nSPS) is 18.4. The predicted octanol–water partition coefficient (Wildman–Crippen LogP) is 2.39. The molecule has 0 saturated heterocycles. The summed E-state index contributed by atoms with van der Waals surface area (Å²) >= 11 is 0. The van der Waals surface area contributed by atoms with Gasteiger partial charge in [-0.1, -0.05) is 53.9 Å². The molecule has 0 heterocycles. The van der Waals surface area contributed by atoms with E-state index < -0.39 is 12.0 Å². The Bertz CT molecular complexity index is 333. The van der Waals surface area contributed by atoms with Crippen molar-refractivity contribution < 1.29 is 14.7 Å². The minimum Gasteiger partial charge on any atom is -0.481 e. The molecule has 124 valence electrons. The zero-order valence-electron chi connectivity index (χ0n) is 14.1. The fourth-order valence-corrected chi connectivity index (χ4v) is 2.46. The number of carboxylic acid groups (broad SMARTS) is 1. The molecule has 0 bridgehead atoms. The molecule has 0 aromatic heterocycles. The van der Waals surface area contributed by atoms with E-state index in [0.29, 0.717) is 5.92 Å². The van der Waals surface area contributed by atoms with E-state index in [4.69, 9.17) is 10.8 Å². The first-order chi connectivity index (χ1) is 9.74. The highest BCUT2D eigenvalue weighted by molar-refractivity contribution is 5.82. The second-order valence-corrected chi connectivity index (χ2v) is 6.25. The number of aliphatic carboxylic acids is 1. The largest absolute Gasteiger partial charge is 0.481 e. The number of hydrogen-bond acceptors (Lipinski definition) is 3. The van der Waals surface area contributed by atoms with Gasteiger partial charge in [0.05, 0.1) is 12.5 Å². The molecule has 0 spiro atoms. The highest BCUT2D eigenvalue weighted by atomic mass is 16.4. The van der Waals surface area contributed by atoms with Crippen LogP contribution in [0, 0.1) is 17.8 Å². The van der Waals surface area contributed by atoms with Gasteiger partial charge in [0, 0.05) is 6.04 Å². The molecule has 5 nitrogen and oxygen atoms in total. The first-order valence-electron chi connectivity index (χ1n) is 8.02. The minimum atomic E-state index is -0.895. The Morgan fingerprint density at radius 2 is 1.71 bits per heavy atom. The van der Waals surface area contributed by atoms with Crippen molar-refractivity contribution >= 4 is 11.9 Å². The molecule has 21 heavy (non-hydrogen) atoms. The van der Waals surface area contributed by atoms with Gasteiger partial charge in [-0.3, -0.25) is 9.59 Å². The molecule has 4 N–H and O–H groups in total. The van der Waals surface area contributed by atoms with Crippen LogP contribution in [0.4, 0.5) is 0 Å². The summed E-state index contributed by atoms with van der Waals surface area (Å²) in [5.74, 6) is -0.591. The van der Waals surface area contributed by atoms with Crippen molar-refractivity contribution in [3.05, 3.63) is 0 Å². The van der Waals surface area contributed by atoms with E-state index >= 15 is 0 Å². The zero-order valence-corrected chi connectivity index (χ0v) is 14.1. The summed E-state index contributed by atoms with van der Waals surface area (Å²) in [6, 6.07) is -0.952. The van der Waals surface area contributed by atoms with Gasteiger partial charge in [0.2, 0.25) is 5.91 Å². The molecule has 0 radical (unpaired) electrons. The Labute approximate surface area is 128 Å². The fraction of sp³-hybridized carbons (Fsp3) is 0.875. The van der Waals surface area contributed by atoms with E-state index in [-0.39, 0.29) is 30.2 Å². The third-order valence-electron chi connectivity index (χ3n) is 4.56. The van der Waals surface area contributed by atoms with Crippen molar-refractivity contribution in [1.29, 1.82) is 0 Å². The van der Waals surface area contributed by atoms with E-state index in [1.165, 1.54) is 0 Å². The van der Waals surface area contributed by atoms with Gasteiger partial charge in [0.15, 0.2) is 0 Å². The SMILES string of the molecule is CCCC(C)C(C)[C@@H](CC(=O)O)NC(=O)[C@@H](N)C(C)CC. The van der Waals surface area contributed by atoms with Gasteiger partial charge in [0.25, 0.3) is 0 Å². The van der Waals surface area contributed by atoms with E-state index in [9.17, 15) is 9.59 Å². The van der Waals surface area contributed by atoms with Crippen molar-refractivity contribution in [3.8, 4) is 0 Å². The second-order valence-electron chi connectivity index (χ2n) is 6.25. The molecule has 3 unspecified atom stereocenters. The summed E-state index contributed by atoms with van der Waals surface area (Å²) in [5, 5.41) is 11.9. The zero-order chi connectivity index (χ0) is 16.6. The molecule has 5 heteroatoms. The van der Waals surface area contributed by atoms with Crippen LogP contribution in [0.15, 0.2) is 0 Å². The number of carbonyl (C=O) groups is 2. The molecule has 0 saturated carbocycles. The molecule has 5 atom stereocenters. The fourth-order valence-electron chi connectivity index (χ4n) is 2.46. The van der Waals surface area contributed by atoms with Crippen molar-refractivity contribution in [2.75, 3.05) is 0 Å². The average Bonchev–Trinajstić information content (AvgIpc) is 2.43. The molecule has 0 fully saturated rings. The highest BCUT2D eigenvalue weighted by Gasteiger charge is 2.29. The lowest BCUT2D eigenvalue weighted by molar-refractivity contribution is -0.138. The third kappa shape index (κ3) is 6.93. The Kier molecular flexibility index (Phi) is 9.26. The molecule has 0 aromatic rings. The smallest absolute Gasteiger partial charge is 0.305 e. The Balaban J connectivity index is 4.83. The van der Waals surface area contributed by atoms with E-state index in [2.05, 4.69) is 19.2 Å². The Morgan fingerprint density at radius 3 is 2.14 bits per heavy atom. The van der Waals surface area contributed by atoms with Crippen molar-refractivity contribution in [2.24, 2.45) is 23.5 Å². The van der Waals surface area contributed by atoms with Gasteiger partial charge in [-0.05, 0) is 17.8 Å². The van der Waals surface area contributed by atoms with Crippen molar-refractivity contribution in [3.63, 3.8) is 0 Å². The number of nitrogens with one attached hydrogen (secondary N) is 1. The third-order valence-corrected chi connectivity index (χ3v) is 4.56. The number of amides is 1. The average molecular weight is 300 g/mol. The van der Waals surface area contributed by atoms with Crippen LogP contribution in [0.3, 0.4) is 0 Å². The van der Waals surface area contributed by atoms with Gasteiger partial charge in [-0.25, -0.2) is 0 Å². The number of hydrogen-bond donors (Lipinski definition) is 3. The second kappa shape index (κ2) is 9.77. The number of carbonyl (C=O) groups excluding carboxylic acids is 1. The maximum Gasteiger partial charge on any atom is 0.305 e. The Morgan fingerprint density at radius 1 is 1.14 bits per heavy atom. The number of carboxylic acids is 1. The standard InChI is InChI=1S/C16H32N2O3/c1-6-8-11(4)12(5)13(9-14(19)20)18-16(21)15(17)10(3)7-2/h10-13,15H,6-9,17H2,1-5H3,(H,18,21)(H,19,20)/t10?,11?,12?,13-,15+/m1/s1. The minimum absolute atomic E-state index is 0.0613. The lowest BCUT2D eigenvalue weighted by atomic mass is 9.84. The summed E-state index contributed by atoms with van der Waals surface area (Å²) in [4.78, 5) is 23.2. The van der Waals surface area contributed by atoms with E-state index in [1.54, 1.807) is 0 Å². The summed E-state index contributed by atoms with van der Waals surface area (Å²) in [7, 11) is 0. The van der Waals surface area contributed by atoms with Crippen LogP contribution in [-0.4, -0.2) is 29.1 Å². The van der Waals surface area contributed by atoms with Crippen LogP contribution in [0.1, 0.15) is 60.3 Å². The van der Waals surface area contributed by atoms with Crippen LogP contribution < -0.4 is 11.1 Å². The lowest BCUT2D eigenvalue weighted by Crippen LogP contribution is -2.51. The lowest BCUT2D eigenvalue weighted by Gasteiger charge is -2.30. The maximum atomic E-state index is 12.2. The number of rotatable bonds is 10. The molecule has 0 aliphatic heterocycles. The molecular weight excluding hydrogens is 268 g/mol. The van der Waals surface area contributed by atoms with Gasteiger partial charge in [-0.15, -0.1) is 0 Å².